The monoisotopic (exact) mass is 482 g/mol. The second-order valence-corrected chi connectivity index (χ2v) is 9.55. The molecule has 0 aliphatic rings. The van der Waals surface area contributed by atoms with Crippen LogP contribution in [-0.2, 0) is 14.8 Å². The van der Waals surface area contributed by atoms with Crippen molar-refractivity contribution >= 4 is 62.1 Å². The van der Waals surface area contributed by atoms with E-state index in [2.05, 4.69) is 5.32 Å². The number of benzene rings is 3. The number of anilines is 2. The average molecular weight is 484 g/mol. The van der Waals surface area contributed by atoms with Crippen molar-refractivity contribution in [2.24, 2.45) is 0 Å². The minimum absolute atomic E-state index is 0.0206. The zero-order valence-corrected chi connectivity index (χ0v) is 18.9. The zero-order valence-electron chi connectivity index (χ0n) is 15.8. The third-order valence-electron chi connectivity index (χ3n) is 4.25. The summed E-state index contributed by atoms with van der Waals surface area (Å²) in [6, 6.07) is 17.2. The molecular weight excluding hydrogens is 467 g/mol. The molecule has 0 radical (unpaired) electrons. The van der Waals surface area contributed by atoms with Crippen molar-refractivity contribution in [1.29, 1.82) is 0 Å². The summed E-state index contributed by atoms with van der Waals surface area (Å²) in [6.07, 6.45) is 0. The van der Waals surface area contributed by atoms with E-state index >= 15 is 0 Å². The number of halogens is 3. The van der Waals surface area contributed by atoms with E-state index in [1.165, 1.54) is 30.3 Å². The molecule has 9 heteroatoms. The SMILES string of the molecule is Cc1ccc(NC(=O)CN(c2cc(Cl)ccc2Cl)S(=O)(=O)c2ccccc2)cc1Cl. The molecule has 0 aromatic heterocycles. The first-order chi connectivity index (χ1) is 14.2. The molecule has 0 aliphatic heterocycles. The Morgan fingerprint density at radius 3 is 2.30 bits per heavy atom. The van der Waals surface area contributed by atoms with E-state index in [0.717, 1.165) is 9.87 Å². The Morgan fingerprint density at radius 2 is 1.63 bits per heavy atom. The Balaban J connectivity index is 1.98. The second kappa shape index (κ2) is 9.27. The van der Waals surface area contributed by atoms with Crippen LogP contribution in [0.25, 0.3) is 0 Å². The number of hydrogen-bond donors (Lipinski definition) is 1. The highest BCUT2D eigenvalue weighted by Crippen LogP contribution is 2.33. The molecule has 0 saturated heterocycles. The Labute approximate surface area is 190 Å². The van der Waals surface area contributed by atoms with Gasteiger partial charge < -0.3 is 5.32 Å². The third kappa shape index (κ3) is 5.08. The van der Waals surface area contributed by atoms with Crippen LogP contribution in [0.5, 0.6) is 0 Å². The number of nitrogens with zero attached hydrogens (tertiary/aromatic N) is 1. The van der Waals surface area contributed by atoms with Crippen molar-refractivity contribution < 1.29 is 13.2 Å². The molecule has 0 bridgehead atoms. The Kier molecular flexibility index (Phi) is 6.93. The number of amides is 1. The number of sulfonamides is 1. The van der Waals surface area contributed by atoms with Gasteiger partial charge in [-0.15, -0.1) is 0 Å². The van der Waals surface area contributed by atoms with Crippen LogP contribution in [0.3, 0.4) is 0 Å². The summed E-state index contributed by atoms with van der Waals surface area (Å²) in [5.74, 6) is -0.564. The largest absolute Gasteiger partial charge is 0.324 e. The molecular formula is C21H17Cl3N2O3S. The Hall–Kier alpha value is -2.25. The summed E-state index contributed by atoms with van der Waals surface area (Å²) < 4.78 is 27.5. The van der Waals surface area contributed by atoms with Crippen molar-refractivity contribution in [2.75, 3.05) is 16.2 Å². The molecule has 0 fully saturated rings. The molecule has 3 aromatic carbocycles. The zero-order chi connectivity index (χ0) is 21.9. The molecule has 0 atom stereocenters. The number of rotatable bonds is 6. The van der Waals surface area contributed by atoms with E-state index in [1.54, 1.807) is 36.4 Å². The molecule has 3 aromatic rings. The maximum Gasteiger partial charge on any atom is 0.264 e. The topological polar surface area (TPSA) is 66.5 Å². The van der Waals surface area contributed by atoms with Crippen LogP contribution in [0, 0.1) is 6.92 Å². The van der Waals surface area contributed by atoms with E-state index in [1.807, 2.05) is 6.92 Å². The van der Waals surface area contributed by atoms with Gasteiger partial charge in [-0.3, -0.25) is 9.10 Å². The van der Waals surface area contributed by atoms with Crippen molar-refractivity contribution in [3.05, 3.63) is 87.4 Å². The predicted molar refractivity (Wildman–Crippen MR) is 122 cm³/mol. The van der Waals surface area contributed by atoms with Crippen molar-refractivity contribution in [1.82, 2.24) is 0 Å². The summed E-state index contributed by atoms with van der Waals surface area (Å²) in [6.45, 7) is 1.33. The van der Waals surface area contributed by atoms with Gasteiger partial charge >= 0.3 is 0 Å². The normalized spacial score (nSPS) is 11.2. The van der Waals surface area contributed by atoms with Gasteiger partial charge in [0.1, 0.15) is 6.54 Å². The summed E-state index contributed by atoms with van der Waals surface area (Å²) in [5.41, 5.74) is 1.41. The quantitative estimate of drug-likeness (QED) is 0.482. The van der Waals surface area contributed by atoms with E-state index < -0.39 is 22.5 Å². The molecule has 0 spiro atoms. The smallest absolute Gasteiger partial charge is 0.264 e. The summed E-state index contributed by atoms with van der Waals surface area (Å²) >= 11 is 18.4. The van der Waals surface area contributed by atoms with Gasteiger partial charge in [0.15, 0.2) is 0 Å². The summed E-state index contributed by atoms with van der Waals surface area (Å²) in [5, 5.41) is 3.58. The van der Waals surface area contributed by atoms with Gasteiger partial charge in [-0.1, -0.05) is 59.1 Å². The first-order valence-electron chi connectivity index (χ1n) is 8.77. The van der Waals surface area contributed by atoms with Crippen LogP contribution >= 0.6 is 34.8 Å². The molecule has 0 aliphatic carbocycles. The lowest BCUT2D eigenvalue weighted by Crippen LogP contribution is -2.38. The first kappa shape index (κ1) is 22.4. The lowest BCUT2D eigenvalue weighted by Gasteiger charge is -2.25. The fourth-order valence-corrected chi connectivity index (χ4v) is 4.77. The molecule has 30 heavy (non-hydrogen) atoms. The highest BCUT2D eigenvalue weighted by molar-refractivity contribution is 7.92. The van der Waals surface area contributed by atoms with Crippen LogP contribution in [0.15, 0.2) is 71.6 Å². The summed E-state index contributed by atoms with van der Waals surface area (Å²) in [4.78, 5) is 12.8. The first-order valence-corrected chi connectivity index (χ1v) is 11.3. The average Bonchev–Trinajstić information content (AvgIpc) is 2.71. The fraction of sp³-hybridized carbons (Fsp3) is 0.0952. The Bertz CT molecular complexity index is 1190. The van der Waals surface area contributed by atoms with Crippen LogP contribution in [-0.4, -0.2) is 20.9 Å². The third-order valence-corrected chi connectivity index (χ3v) is 6.99. The van der Waals surface area contributed by atoms with Gasteiger partial charge in [0, 0.05) is 15.7 Å². The number of hydrogen-bond acceptors (Lipinski definition) is 3. The van der Waals surface area contributed by atoms with Gasteiger partial charge in [0.2, 0.25) is 5.91 Å². The fourth-order valence-electron chi connectivity index (χ4n) is 2.70. The van der Waals surface area contributed by atoms with Crippen LogP contribution < -0.4 is 9.62 Å². The number of nitrogens with one attached hydrogen (secondary N) is 1. The van der Waals surface area contributed by atoms with Gasteiger partial charge in [-0.2, -0.15) is 0 Å². The van der Waals surface area contributed by atoms with Crippen molar-refractivity contribution in [3.63, 3.8) is 0 Å². The van der Waals surface area contributed by atoms with Crippen molar-refractivity contribution in [2.45, 2.75) is 11.8 Å². The number of aryl methyl sites for hydroxylation is 1. The Morgan fingerprint density at radius 1 is 0.933 bits per heavy atom. The standard InChI is InChI=1S/C21H17Cl3N2O3S/c1-14-7-9-16(12-19(14)24)25-21(27)13-26(20-11-15(22)8-10-18(20)23)30(28,29)17-5-3-2-4-6-17/h2-12H,13H2,1H3,(H,25,27). The molecule has 1 amide bonds. The maximum atomic E-state index is 13.3. The molecule has 3 rings (SSSR count). The molecule has 0 heterocycles. The van der Waals surface area contributed by atoms with Crippen LogP contribution in [0.2, 0.25) is 15.1 Å². The maximum absolute atomic E-state index is 13.3. The van der Waals surface area contributed by atoms with Gasteiger partial charge in [0.05, 0.1) is 15.6 Å². The molecule has 1 N–H and O–H groups in total. The van der Waals surface area contributed by atoms with E-state index in [-0.39, 0.29) is 20.6 Å². The highest BCUT2D eigenvalue weighted by atomic mass is 35.5. The lowest BCUT2D eigenvalue weighted by atomic mass is 10.2. The lowest BCUT2D eigenvalue weighted by molar-refractivity contribution is -0.114. The molecule has 0 unspecified atom stereocenters. The summed E-state index contributed by atoms with van der Waals surface area (Å²) in [7, 11) is -4.09. The highest BCUT2D eigenvalue weighted by Gasteiger charge is 2.29. The van der Waals surface area contributed by atoms with Gasteiger partial charge in [-0.25, -0.2) is 8.42 Å². The minimum Gasteiger partial charge on any atom is -0.324 e. The van der Waals surface area contributed by atoms with Crippen molar-refractivity contribution in [3.8, 4) is 0 Å². The number of carbonyl (C=O) groups is 1. The van der Waals surface area contributed by atoms with Crippen LogP contribution in [0.4, 0.5) is 11.4 Å². The van der Waals surface area contributed by atoms with Crippen LogP contribution in [0.1, 0.15) is 5.56 Å². The van der Waals surface area contributed by atoms with E-state index in [9.17, 15) is 13.2 Å². The van der Waals surface area contributed by atoms with Gasteiger partial charge in [0.25, 0.3) is 10.0 Å². The van der Waals surface area contributed by atoms with E-state index in [4.69, 9.17) is 34.8 Å². The van der Waals surface area contributed by atoms with E-state index in [0.29, 0.717) is 10.7 Å². The molecule has 156 valence electrons. The number of carbonyl (C=O) groups excluding carboxylic acids is 1. The predicted octanol–water partition coefficient (Wildman–Crippen LogP) is 5.79. The minimum atomic E-state index is -4.09. The second-order valence-electron chi connectivity index (χ2n) is 6.43. The molecule has 5 nitrogen and oxygen atoms in total. The van der Waals surface area contributed by atoms with Gasteiger partial charge in [-0.05, 0) is 55.0 Å². The molecule has 0 saturated carbocycles.